The molecule has 1 heterocycles. The van der Waals surface area contributed by atoms with E-state index < -0.39 is 54.3 Å². The van der Waals surface area contributed by atoms with Gasteiger partial charge in [0.1, 0.15) is 24.0 Å². The average Bonchev–Trinajstić information content (AvgIpc) is 2.82. The largest absolute Gasteiger partial charge is 0.478 e. The molecule has 38 heavy (non-hydrogen) atoms. The molecule has 1 aliphatic heterocycles. The molecule has 0 bridgehead atoms. The molecule has 1 aliphatic rings. The van der Waals surface area contributed by atoms with Crippen molar-refractivity contribution in [1.82, 2.24) is 10.6 Å². The number of amides is 2. The van der Waals surface area contributed by atoms with E-state index in [1.807, 2.05) is 41.5 Å². The van der Waals surface area contributed by atoms with Gasteiger partial charge in [-0.3, -0.25) is 14.4 Å². The van der Waals surface area contributed by atoms with E-state index in [9.17, 15) is 24.0 Å². The molecule has 2 amide bonds. The van der Waals surface area contributed by atoms with E-state index in [1.54, 1.807) is 19.9 Å². The minimum atomic E-state index is -0.989. The lowest BCUT2D eigenvalue weighted by atomic mass is 9.90. The number of carbonyl (C=O) groups is 5. The van der Waals surface area contributed by atoms with Crippen molar-refractivity contribution in [3.8, 4) is 0 Å². The minimum absolute atomic E-state index is 0.116. The summed E-state index contributed by atoms with van der Waals surface area (Å²) in [5.74, 6) is -4.10. The molecule has 7 atom stereocenters. The number of cyclic esters (lactones) is 1. The molecule has 0 aromatic heterocycles. The van der Waals surface area contributed by atoms with Crippen LogP contribution in [0.25, 0.3) is 0 Å². The number of rotatable bonds is 10. The molecular weight excluding hydrogens is 488 g/mol. The van der Waals surface area contributed by atoms with Gasteiger partial charge in [0, 0.05) is 6.08 Å². The number of aliphatic carboxylic acids is 1. The second-order valence-electron chi connectivity index (χ2n) is 11.0. The van der Waals surface area contributed by atoms with Crippen LogP contribution in [-0.2, 0) is 28.7 Å². The number of ether oxygens (including phenoxy) is 1. The summed E-state index contributed by atoms with van der Waals surface area (Å²) in [6, 6.07) is -1.80. The van der Waals surface area contributed by atoms with E-state index in [4.69, 9.17) is 9.84 Å². The van der Waals surface area contributed by atoms with Crippen LogP contribution in [0.2, 0.25) is 0 Å². The van der Waals surface area contributed by atoms with Crippen molar-refractivity contribution >= 4 is 29.5 Å². The summed E-state index contributed by atoms with van der Waals surface area (Å²) in [6.45, 7) is 14.7. The first kappa shape index (κ1) is 33.1. The molecule has 0 spiro atoms. The Morgan fingerprint density at radius 1 is 0.974 bits per heavy atom. The Balaban J connectivity index is 3.32. The summed E-state index contributed by atoms with van der Waals surface area (Å²) in [5.41, 5.74) is 1.61. The first-order chi connectivity index (χ1) is 17.7. The van der Waals surface area contributed by atoms with Gasteiger partial charge in [0.05, 0.1) is 12.3 Å². The van der Waals surface area contributed by atoms with Crippen LogP contribution in [0.4, 0.5) is 0 Å². The Hall–Kier alpha value is -2.97. The first-order valence-corrected chi connectivity index (χ1v) is 13.6. The lowest BCUT2D eigenvalue weighted by molar-refractivity contribution is -0.156. The maximum atomic E-state index is 13.4. The molecule has 0 aliphatic carbocycles. The fourth-order valence-corrected chi connectivity index (χ4v) is 4.62. The van der Waals surface area contributed by atoms with Gasteiger partial charge in [-0.15, -0.1) is 0 Å². The van der Waals surface area contributed by atoms with Crippen LogP contribution in [0, 0.1) is 23.7 Å². The average molecular weight is 535 g/mol. The zero-order valence-corrected chi connectivity index (χ0v) is 24.1. The van der Waals surface area contributed by atoms with Gasteiger partial charge in [-0.25, -0.2) is 9.59 Å². The highest BCUT2D eigenvalue weighted by Crippen LogP contribution is 2.23. The maximum absolute atomic E-state index is 13.4. The number of Topliss-reactive ketones (excluding diaryl/α,β-unsaturated/α-hetero) is 1. The monoisotopic (exact) mass is 534 g/mol. The number of carbonyl (C=O) groups excluding carboxylic acids is 4. The Morgan fingerprint density at radius 2 is 1.53 bits per heavy atom. The van der Waals surface area contributed by atoms with Crippen LogP contribution in [0.3, 0.4) is 0 Å². The van der Waals surface area contributed by atoms with Crippen LogP contribution >= 0.6 is 0 Å². The number of nitrogens with one attached hydrogen (secondary N) is 2. The van der Waals surface area contributed by atoms with Crippen LogP contribution in [0.15, 0.2) is 23.3 Å². The fraction of sp³-hybridized carbons (Fsp3) is 0.690. The molecule has 214 valence electrons. The topological polar surface area (TPSA) is 139 Å². The number of hydrogen-bond acceptors (Lipinski definition) is 6. The SMILES string of the molecule is CC[C@@H](C)[C@@H]1NC(=O)[C@@H]([C@@H](C)CC)NC(=O)CC(=O)[C@H](C)[C@H](/C=C(\C)CC(C)C/C(C)=C/C(=O)O)OC1=O. The summed E-state index contributed by atoms with van der Waals surface area (Å²) >= 11 is 0. The summed E-state index contributed by atoms with van der Waals surface area (Å²) in [6.07, 6.45) is 3.98. The molecule has 3 N–H and O–H groups in total. The molecule has 1 saturated heterocycles. The Morgan fingerprint density at radius 3 is 2.08 bits per heavy atom. The third-order valence-electron chi connectivity index (χ3n) is 7.32. The predicted octanol–water partition coefficient (Wildman–Crippen LogP) is 3.96. The van der Waals surface area contributed by atoms with Crippen LogP contribution in [0.5, 0.6) is 0 Å². The molecule has 1 unspecified atom stereocenters. The van der Waals surface area contributed by atoms with Crippen molar-refractivity contribution < 1.29 is 33.8 Å². The quantitative estimate of drug-likeness (QED) is 0.167. The van der Waals surface area contributed by atoms with Crippen molar-refractivity contribution in [2.45, 2.75) is 106 Å². The molecule has 1 fully saturated rings. The lowest BCUT2D eigenvalue weighted by Crippen LogP contribution is -2.57. The second kappa shape index (κ2) is 15.4. The molecule has 0 radical (unpaired) electrons. The van der Waals surface area contributed by atoms with Crippen molar-refractivity contribution in [3.05, 3.63) is 23.3 Å². The van der Waals surface area contributed by atoms with Gasteiger partial charge in [0.15, 0.2) is 0 Å². The summed E-state index contributed by atoms with van der Waals surface area (Å²) < 4.78 is 5.86. The number of carboxylic acids is 1. The fourth-order valence-electron chi connectivity index (χ4n) is 4.62. The molecule has 9 nitrogen and oxygen atoms in total. The molecule has 0 aromatic rings. The van der Waals surface area contributed by atoms with Gasteiger partial charge < -0.3 is 20.5 Å². The zero-order chi connectivity index (χ0) is 29.2. The molecular formula is C29H46N2O7. The molecule has 1 rings (SSSR count). The van der Waals surface area contributed by atoms with Crippen LogP contribution in [0.1, 0.15) is 87.5 Å². The number of ketones is 1. The summed E-state index contributed by atoms with van der Waals surface area (Å²) in [5, 5.41) is 14.5. The van der Waals surface area contributed by atoms with E-state index in [2.05, 4.69) is 10.6 Å². The predicted molar refractivity (Wildman–Crippen MR) is 145 cm³/mol. The number of hydrogen-bond donors (Lipinski definition) is 3. The minimum Gasteiger partial charge on any atom is -0.478 e. The van der Waals surface area contributed by atoms with E-state index >= 15 is 0 Å². The Bertz CT molecular complexity index is 939. The number of esters is 1. The van der Waals surface area contributed by atoms with Crippen molar-refractivity contribution in [3.63, 3.8) is 0 Å². The highest BCUT2D eigenvalue weighted by Gasteiger charge is 2.37. The zero-order valence-electron chi connectivity index (χ0n) is 24.1. The van der Waals surface area contributed by atoms with Gasteiger partial charge in [-0.05, 0) is 50.5 Å². The van der Waals surface area contributed by atoms with Gasteiger partial charge >= 0.3 is 11.9 Å². The Kier molecular flexibility index (Phi) is 13.4. The standard InChI is InChI=1S/C29H46N2O7/c1-9-19(6)26-28(36)31-27(20(7)10-2)29(37)38-23(21(8)22(32)15-24(33)30-26)13-17(4)11-16(3)12-18(5)14-25(34)35/h13-14,16,19-21,23,26-27H,9-12,15H2,1-8H3,(H,30,33)(H,31,36)(H,34,35)/b17-13+,18-14+/t16?,19-,20+,21-,23-,26+,27-/m0/s1. The van der Waals surface area contributed by atoms with Gasteiger partial charge in [-0.1, -0.05) is 65.5 Å². The van der Waals surface area contributed by atoms with E-state index in [-0.39, 0.29) is 23.5 Å². The Labute approximate surface area is 226 Å². The van der Waals surface area contributed by atoms with Gasteiger partial charge in [0.2, 0.25) is 11.8 Å². The third-order valence-corrected chi connectivity index (χ3v) is 7.32. The highest BCUT2D eigenvalue weighted by atomic mass is 16.5. The van der Waals surface area contributed by atoms with Crippen molar-refractivity contribution in [1.29, 1.82) is 0 Å². The van der Waals surface area contributed by atoms with E-state index in [0.717, 1.165) is 11.1 Å². The first-order valence-electron chi connectivity index (χ1n) is 13.6. The summed E-state index contributed by atoms with van der Waals surface area (Å²) in [7, 11) is 0. The van der Waals surface area contributed by atoms with E-state index in [0.29, 0.717) is 25.7 Å². The maximum Gasteiger partial charge on any atom is 0.329 e. The summed E-state index contributed by atoms with van der Waals surface area (Å²) in [4.78, 5) is 63.3. The van der Waals surface area contributed by atoms with Gasteiger partial charge in [-0.2, -0.15) is 0 Å². The highest BCUT2D eigenvalue weighted by molar-refractivity contribution is 6.01. The smallest absolute Gasteiger partial charge is 0.329 e. The van der Waals surface area contributed by atoms with Crippen LogP contribution in [-0.4, -0.2) is 52.8 Å². The van der Waals surface area contributed by atoms with E-state index in [1.165, 1.54) is 6.08 Å². The van der Waals surface area contributed by atoms with Gasteiger partial charge in [0.25, 0.3) is 0 Å². The van der Waals surface area contributed by atoms with Crippen LogP contribution < -0.4 is 10.6 Å². The number of carboxylic acid groups (broad SMARTS) is 1. The molecule has 9 heteroatoms. The molecule has 0 aromatic carbocycles. The number of allylic oxidation sites excluding steroid dienone is 2. The van der Waals surface area contributed by atoms with Crippen molar-refractivity contribution in [2.24, 2.45) is 23.7 Å². The third kappa shape index (κ3) is 10.4. The second-order valence-corrected chi connectivity index (χ2v) is 11.0. The lowest BCUT2D eigenvalue weighted by Gasteiger charge is -2.31. The van der Waals surface area contributed by atoms with Crippen molar-refractivity contribution in [2.75, 3.05) is 0 Å². The molecule has 0 saturated carbocycles. The normalized spacial score (nSPS) is 26.7.